The minimum atomic E-state index is -1.21. The summed E-state index contributed by atoms with van der Waals surface area (Å²) in [6.07, 6.45) is 0. The van der Waals surface area contributed by atoms with Crippen molar-refractivity contribution in [3.8, 4) is 0 Å². The lowest BCUT2D eigenvalue weighted by atomic mass is 10.1. The molecule has 5 nitrogen and oxygen atoms in total. The smallest absolute Gasteiger partial charge is 0.335 e. The number of carboxylic acid groups (broad SMARTS) is 1. The average Bonchev–Trinajstić information content (AvgIpc) is 2.43. The van der Waals surface area contributed by atoms with Crippen LogP contribution in [0.4, 0.5) is 15.8 Å². The maximum Gasteiger partial charge on any atom is 0.335 e. The van der Waals surface area contributed by atoms with Crippen LogP contribution in [0.1, 0.15) is 26.3 Å². The lowest BCUT2D eigenvalue weighted by Crippen LogP contribution is -2.15. The van der Waals surface area contributed by atoms with E-state index in [1.807, 2.05) is 0 Å². The second-order valence-corrected chi connectivity index (χ2v) is 4.54. The van der Waals surface area contributed by atoms with Crippen LogP contribution in [0.5, 0.6) is 0 Å². The molecule has 0 aliphatic rings. The van der Waals surface area contributed by atoms with Gasteiger partial charge in [-0.3, -0.25) is 4.79 Å². The number of carbonyl (C=O) groups is 2. The van der Waals surface area contributed by atoms with Gasteiger partial charge in [0.1, 0.15) is 5.82 Å². The van der Waals surface area contributed by atoms with Gasteiger partial charge in [0.05, 0.1) is 16.8 Å². The van der Waals surface area contributed by atoms with E-state index in [1.165, 1.54) is 0 Å². The molecule has 0 atom stereocenters. The molecule has 0 aromatic heterocycles. The molecule has 0 aliphatic carbocycles. The van der Waals surface area contributed by atoms with E-state index in [0.717, 1.165) is 23.8 Å². The average molecular weight is 288 g/mol. The van der Waals surface area contributed by atoms with E-state index in [0.29, 0.717) is 0 Å². The van der Waals surface area contributed by atoms with E-state index in [2.05, 4.69) is 5.32 Å². The van der Waals surface area contributed by atoms with Gasteiger partial charge in [0.25, 0.3) is 5.91 Å². The fourth-order valence-corrected chi connectivity index (χ4v) is 1.81. The lowest BCUT2D eigenvalue weighted by molar-refractivity contribution is 0.0696. The highest BCUT2D eigenvalue weighted by molar-refractivity contribution is 6.08. The highest BCUT2D eigenvalue weighted by atomic mass is 19.1. The summed E-state index contributed by atoms with van der Waals surface area (Å²) in [5.41, 5.74) is 6.67. The Bertz CT molecular complexity index is 729. The summed E-state index contributed by atoms with van der Waals surface area (Å²) in [5, 5.41) is 11.2. The second kappa shape index (κ2) is 5.62. The number of aromatic carboxylic acids is 1. The minimum Gasteiger partial charge on any atom is -0.478 e. The molecule has 108 valence electrons. The van der Waals surface area contributed by atoms with Crippen LogP contribution in [-0.4, -0.2) is 17.0 Å². The van der Waals surface area contributed by atoms with Gasteiger partial charge in [-0.1, -0.05) is 11.6 Å². The first-order valence-corrected chi connectivity index (χ1v) is 6.09. The number of rotatable bonds is 3. The highest BCUT2D eigenvalue weighted by Gasteiger charge is 2.14. The molecule has 0 fully saturated rings. The van der Waals surface area contributed by atoms with E-state index >= 15 is 0 Å². The van der Waals surface area contributed by atoms with E-state index < -0.39 is 17.7 Å². The molecule has 2 aromatic rings. The fraction of sp³-hybridized carbons (Fsp3) is 0.0667. The van der Waals surface area contributed by atoms with E-state index in [4.69, 9.17) is 10.8 Å². The van der Waals surface area contributed by atoms with Crippen LogP contribution in [0, 0.1) is 12.7 Å². The maximum atomic E-state index is 13.7. The predicted molar refractivity (Wildman–Crippen MR) is 76.9 cm³/mol. The van der Waals surface area contributed by atoms with Gasteiger partial charge >= 0.3 is 5.97 Å². The number of carbonyl (C=O) groups excluding carboxylic acids is 1. The van der Waals surface area contributed by atoms with Gasteiger partial charge < -0.3 is 16.2 Å². The standard InChI is InChI=1S/C15H13FN2O3/c1-8-2-5-12(17)10(6-8)14(19)18-13-7-9(15(20)21)3-4-11(13)16/h2-7H,17H2,1H3,(H,18,19)(H,20,21). The van der Waals surface area contributed by atoms with Crippen LogP contribution < -0.4 is 11.1 Å². The molecule has 1 amide bonds. The summed E-state index contributed by atoms with van der Waals surface area (Å²) in [6.45, 7) is 1.79. The van der Waals surface area contributed by atoms with Gasteiger partial charge in [-0.25, -0.2) is 9.18 Å². The molecule has 0 radical (unpaired) electrons. The number of amides is 1. The van der Waals surface area contributed by atoms with Crippen molar-refractivity contribution in [1.82, 2.24) is 0 Å². The fourth-order valence-electron chi connectivity index (χ4n) is 1.81. The number of hydrogen-bond acceptors (Lipinski definition) is 3. The Labute approximate surface area is 120 Å². The minimum absolute atomic E-state index is 0.121. The van der Waals surface area contributed by atoms with Gasteiger partial charge in [0.2, 0.25) is 0 Å². The molecule has 0 bridgehead atoms. The van der Waals surface area contributed by atoms with Gasteiger partial charge in [0, 0.05) is 5.69 Å². The number of halogens is 1. The van der Waals surface area contributed by atoms with Gasteiger partial charge in [0.15, 0.2) is 0 Å². The monoisotopic (exact) mass is 288 g/mol. The first kappa shape index (κ1) is 14.5. The van der Waals surface area contributed by atoms with Gasteiger partial charge in [-0.2, -0.15) is 0 Å². The third-order valence-corrected chi connectivity index (χ3v) is 2.91. The summed E-state index contributed by atoms with van der Waals surface area (Å²) in [5.74, 6) is -2.53. The van der Waals surface area contributed by atoms with Crippen molar-refractivity contribution < 1.29 is 19.1 Å². The molecule has 0 unspecified atom stereocenters. The molecule has 0 aliphatic heterocycles. The highest BCUT2D eigenvalue weighted by Crippen LogP contribution is 2.20. The Morgan fingerprint density at radius 2 is 1.90 bits per heavy atom. The Kier molecular flexibility index (Phi) is 3.89. The van der Waals surface area contributed by atoms with Crippen molar-refractivity contribution in [3.63, 3.8) is 0 Å². The van der Waals surface area contributed by atoms with Gasteiger partial charge in [-0.15, -0.1) is 0 Å². The molecule has 6 heteroatoms. The predicted octanol–water partition coefficient (Wildman–Crippen LogP) is 2.67. The third kappa shape index (κ3) is 3.17. The molecule has 0 saturated heterocycles. The molecule has 21 heavy (non-hydrogen) atoms. The van der Waals surface area contributed by atoms with Crippen molar-refractivity contribution in [3.05, 3.63) is 58.9 Å². The molecular formula is C15H13FN2O3. The number of nitrogens with two attached hydrogens (primary N) is 1. The molecule has 2 aromatic carbocycles. The summed E-state index contributed by atoms with van der Waals surface area (Å²) in [6, 6.07) is 8.06. The Morgan fingerprint density at radius 3 is 2.57 bits per heavy atom. The lowest BCUT2D eigenvalue weighted by Gasteiger charge is -2.10. The molecule has 0 spiro atoms. The van der Waals surface area contributed by atoms with Crippen LogP contribution in [-0.2, 0) is 0 Å². The molecule has 0 saturated carbocycles. The number of aryl methyl sites for hydroxylation is 1. The third-order valence-electron chi connectivity index (χ3n) is 2.91. The SMILES string of the molecule is Cc1ccc(N)c(C(=O)Nc2cc(C(=O)O)ccc2F)c1. The number of hydrogen-bond donors (Lipinski definition) is 3. The van der Waals surface area contributed by atoms with Crippen molar-refractivity contribution in [1.29, 1.82) is 0 Å². The quantitative estimate of drug-likeness (QED) is 0.757. The van der Waals surface area contributed by atoms with Crippen LogP contribution in [0.15, 0.2) is 36.4 Å². The van der Waals surface area contributed by atoms with Crippen molar-refractivity contribution in [2.45, 2.75) is 6.92 Å². The summed E-state index contributed by atoms with van der Waals surface area (Å²) < 4.78 is 13.7. The largest absolute Gasteiger partial charge is 0.478 e. The number of carboxylic acids is 1. The number of nitrogen functional groups attached to an aromatic ring is 1. The topological polar surface area (TPSA) is 92.4 Å². The summed E-state index contributed by atoms with van der Waals surface area (Å²) in [4.78, 5) is 23.0. The molecule has 4 N–H and O–H groups in total. The second-order valence-electron chi connectivity index (χ2n) is 4.54. The zero-order chi connectivity index (χ0) is 15.6. The first-order chi connectivity index (χ1) is 9.88. The zero-order valence-electron chi connectivity index (χ0n) is 11.2. The van der Waals surface area contributed by atoms with E-state index in [-0.39, 0.29) is 22.5 Å². The van der Waals surface area contributed by atoms with E-state index in [1.54, 1.807) is 25.1 Å². The first-order valence-electron chi connectivity index (χ1n) is 6.09. The Morgan fingerprint density at radius 1 is 1.19 bits per heavy atom. The van der Waals surface area contributed by atoms with Crippen LogP contribution in [0.2, 0.25) is 0 Å². The van der Waals surface area contributed by atoms with Crippen LogP contribution >= 0.6 is 0 Å². The molecule has 2 rings (SSSR count). The normalized spacial score (nSPS) is 10.2. The van der Waals surface area contributed by atoms with Gasteiger partial charge in [-0.05, 0) is 37.3 Å². The van der Waals surface area contributed by atoms with Crippen LogP contribution in [0.3, 0.4) is 0 Å². The number of benzene rings is 2. The van der Waals surface area contributed by atoms with Crippen LogP contribution in [0.25, 0.3) is 0 Å². The summed E-state index contributed by atoms with van der Waals surface area (Å²) in [7, 11) is 0. The van der Waals surface area contributed by atoms with E-state index in [9.17, 15) is 14.0 Å². The Balaban J connectivity index is 2.33. The van der Waals surface area contributed by atoms with Crippen molar-refractivity contribution in [2.24, 2.45) is 0 Å². The van der Waals surface area contributed by atoms with Crippen molar-refractivity contribution in [2.75, 3.05) is 11.1 Å². The molecular weight excluding hydrogens is 275 g/mol. The Hall–Kier alpha value is -2.89. The number of anilines is 2. The zero-order valence-corrected chi connectivity index (χ0v) is 11.2. The summed E-state index contributed by atoms with van der Waals surface area (Å²) >= 11 is 0. The number of nitrogens with one attached hydrogen (secondary N) is 1. The molecule has 0 heterocycles. The maximum absolute atomic E-state index is 13.7. The van der Waals surface area contributed by atoms with Crippen molar-refractivity contribution >= 4 is 23.3 Å².